The molecule has 0 aliphatic rings. The lowest BCUT2D eigenvalue weighted by molar-refractivity contribution is -0.143. The van der Waals surface area contributed by atoms with Crippen LogP contribution in [0.4, 0.5) is 0 Å². The van der Waals surface area contributed by atoms with E-state index in [0.717, 1.165) is 5.56 Å². The van der Waals surface area contributed by atoms with Crippen LogP contribution < -0.4 is 5.32 Å². The van der Waals surface area contributed by atoms with Crippen LogP contribution in [0.5, 0.6) is 0 Å². The Labute approximate surface area is 89.7 Å². The highest BCUT2D eigenvalue weighted by Crippen LogP contribution is 1.98. The summed E-state index contributed by atoms with van der Waals surface area (Å²) in [6.45, 7) is 4.52. The molecule has 0 aliphatic heterocycles. The number of nitrogens with one attached hydrogen (secondary N) is 1. The van der Waals surface area contributed by atoms with Crippen LogP contribution >= 0.6 is 0 Å². The summed E-state index contributed by atoms with van der Waals surface area (Å²) in [7, 11) is 0. The Kier molecular flexibility index (Phi) is 4.77. The number of hydrogen-bond donors (Lipinski definition) is 1. The Morgan fingerprint density at radius 1 is 1.47 bits per heavy atom. The highest BCUT2D eigenvalue weighted by Gasteiger charge is 2.03. The molecule has 4 nitrogen and oxygen atoms in total. The Balaban J connectivity index is 2.23. The minimum absolute atomic E-state index is 0.236. The summed E-state index contributed by atoms with van der Waals surface area (Å²) in [4.78, 5) is 15.1. The SMILES string of the molecule is CC(C)NCC(=O)OCc1ccncc1. The molecular weight excluding hydrogens is 192 g/mol. The van der Waals surface area contributed by atoms with Gasteiger partial charge >= 0.3 is 5.97 Å². The molecular formula is C11H16N2O2. The van der Waals surface area contributed by atoms with E-state index in [1.165, 1.54) is 0 Å². The van der Waals surface area contributed by atoms with Crippen LogP contribution in [0.1, 0.15) is 19.4 Å². The van der Waals surface area contributed by atoms with Crippen molar-refractivity contribution >= 4 is 5.97 Å². The lowest BCUT2D eigenvalue weighted by atomic mass is 10.3. The van der Waals surface area contributed by atoms with E-state index >= 15 is 0 Å². The summed E-state index contributed by atoms with van der Waals surface area (Å²) in [6, 6.07) is 3.94. The van der Waals surface area contributed by atoms with Crippen molar-refractivity contribution in [3.8, 4) is 0 Å². The number of esters is 1. The summed E-state index contributed by atoms with van der Waals surface area (Å²) < 4.78 is 5.05. The van der Waals surface area contributed by atoms with Crippen LogP contribution in [0.15, 0.2) is 24.5 Å². The molecule has 0 spiro atoms. The second-order valence-electron chi connectivity index (χ2n) is 3.55. The largest absolute Gasteiger partial charge is 0.460 e. The maximum Gasteiger partial charge on any atom is 0.320 e. The zero-order chi connectivity index (χ0) is 11.1. The van der Waals surface area contributed by atoms with E-state index in [4.69, 9.17) is 4.74 Å². The first-order valence-corrected chi connectivity index (χ1v) is 4.96. The lowest BCUT2D eigenvalue weighted by Gasteiger charge is -2.08. The molecule has 0 unspecified atom stereocenters. The average molecular weight is 208 g/mol. The third-order valence-corrected chi connectivity index (χ3v) is 1.80. The highest BCUT2D eigenvalue weighted by atomic mass is 16.5. The summed E-state index contributed by atoms with van der Waals surface area (Å²) in [5, 5.41) is 2.99. The van der Waals surface area contributed by atoms with Crippen molar-refractivity contribution < 1.29 is 9.53 Å². The van der Waals surface area contributed by atoms with Crippen molar-refractivity contribution in [1.82, 2.24) is 10.3 Å². The number of aromatic nitrogens is 1. The molecule has 0 bridgehead atoms. The molecule has 0 aliphatic carbocycles. The third kappa shape index (κ3) is 5.12. The van der Waals surface area contributed by atoms with E-state index in [0.29, 0.717) is 12.6 Å². The van der Waals surface area contributed by atoms with E-state index < -0.39 is 0 Å². The summed E-state index contributed by atoms with van der Waals surface area (Å²) in [5.41, 5.74) is 0.947. The zero-order valence-corrected chi connectivity index (χ0v) is 9.06. The maximum absolute atomic E-state index is 11.2. The van der Waals surface area contributed by atoms with Crippen molar-refractivity contribution in [2.45, 2.75) is 26.5 Å². The Morgan fingerprint density at radius 3 is 2.73 bits per heavy atom. The van der Waals surface area contributed by atoms with Gasteiger partial charge in [0.05, 0.1) is 6.54 Å². The standard InChI is InChI=1S/C11H16N2O2/c1-9(2)13-7-11(14)15-8-10-3-5-12-6-4-10/h3-6,9,13H,7-8H2,1-2H3. The molecule has 1 heterocycles. The van der Waals surface area contributed by atoms with Crippen LogP contribution in [-0.4, -0.2) is 23.5 Å². The number of carbonyl (C=O) groups excluding carboxylic acids is 1. The van der Waals surface area contributed by atoms with Gasteiger partial charge in [-0.15, -0.1) is 0 Å². The molecule has 0 atom stereocenters. The van der Waals surface area contributed by atoms with Crippen molar-refractivity contribution in [1.29, 1.82) is 0 Å². The molecule has 1 aromatic heterocycles. The van der Waals surface area contributed by atoms with Gasteiger partial charge in [-0.3, -0.25) is 9.78 Å². The summed E-state index contributed by atoms with van der Waals surface area (Å²) in [6.07, 6.45) is 3.35. The molecule has 82 valence electrons. The maximum atomic E-state index is 11.2. The fourth-order valence-corrected chi connectivity index (χ4v) is 0.981. The zero-order valence-electron chi connectivity index (χ0n) is 9.06. The molecule has 1 N–H and O–H groups in total. The molecule has 0 radical (unpaired) electrons. The molecule has 1 rings (SSSR count). The van der Waals surface area contributed by atoms with Gasteiger partial charge in [0.15, 0.2) is 0 Å². The van der Waals surface area contributed by atoms with E-state index in [1.54, 1.807) is 12.4 Å². The molecule has 1 aromatic rings. The van der Waals surface area contributed by atoms with E-state index in [-0.39, 0.29) is 12.5 Å². The smallest absolute Gasteiger partial charge is 0.320 e. The molecule has 0 fully saturated rings. The first-order valence-electron chi connectivity index (χ1n) is 4.96. The van der Waals surface area contributed by atoms with E-state index in [2.05, 4.69) is 10.3 Å². The van der Waals surface area contributed by atoms with Crippen molar-refractivity contribution in [3.63, 3.8) is 0 Å². The van der Waals surface area contributed by atoms with Crippen LogP contribution in [-0.2, 0) is 16.1 Å². The molecule has 0 saturated carbocycles. The molecule has 0 saturated heterocycles. The van der Waals surface area contributed by atoms with Gasteiger partial charge < -0.3 is 10.1 Å². The van der Waals surface area contributed by atoms with E-state index in [1.807, 2.05) is 26.0 Å². The van der Waals surface area contributed by atoms with Crippen molar-refractivity contribution in [2.75, 3.05) is 6.54 Å². The molecule has 15 heavy (non-hydrogen) atoms. The number of nitrogens with zero attached hydrogens (tertiary/aromatic N) is 1. The van der Waals surface area contributed by atoms with Crippen LogP contribution in [0.3, 0.4) is 0 Å². The molecule has 0 amide bonds. The molecule has 4 heteroatoms. The quantitative estimate of drug-likeness (QED) is 0.737. The fourth-order valence-electron chi connectivity index (χ4n) is 0.981. The van der Waals surface area contributed by atoms with Crippen LogP contribution in [0.2, 0.25) is 0 Å². The first-order chi connectivity index (χ1) is 7.18. The van der Waals surface area contributed by atoms with E-state index in [9.17, 15) is 4.79 Å². The van der Waals surface area contributed by atoms with Gasteiger partial charge in [-0.25, -0.2) is 0 Å². The summed E-state index contributed by atoms with van der Waals surface area (Å²) in [5.74, 6) is -0.236. The topological polar surface area (TPSA) is 51.2 Å². The second kappa shape index (κ2) is 6.14. The van der Waals surface area contributed by atoms with Gasteiger partial charge in [0.25, 0.3) is 0 Å². The normalized spacial score (nSPS) is 10.3. The van der Waals surface area contributed by atoms with Crippen molar-refractivity contribution in [3.05, 3.63) is 30.1 Å². The lowest BCUT2D eigenvalue weighted by Crippen LogP contribution is -2.30. The second-order valence-corrected chi connectivity index (χ2v) is 3.55. The number of pyridine rings is 1. The van der Waals surface area contributed by atoms with Gasteiger partial charge in [-0.1, -0.05) is 13.8 Å². The number of ether oxygens (including phenoxy) is 1. The van der Waals surface area contributed by atoms with Crippen LogP contribution in [0.25, 0.3) is 0 Å². The number of hydrogen-bond acceptors (Lipinski definition) is 4. The van der Waals surface area contributed by atoms with Crippen molar-refractivity contribution in [2.24, 2.45) is 0 Å². The average Bonchev–Trinajstić information content (AvgIpc) is 2.25. The third-order valence-electron chi connectivity index (χ3n) is 1.80. The fraction of sp³-hybridized carbons (Fsp3) is 0.455. The summed E-state index contributed by atoms with van der Waals surface area (Å²) >= 11 is 0. The van der Waals surface area contributed by atoms with Crippen LogP contribution in [0, 0.1) is 0 Å². The number of rotatable bonds is 5. The van der Waals surface area contributed by atoms with Gasteiger partial charge in [0, 0.05) is 18.4 Å². The number of carbonyl (C=O) groups is 1. The minimum Gasteiger partial charge on any atom is -0.460 e. The predicted molar refractivity (Wildman–Crippen MR) is 57.2 cm³/mol. The highest BCUT2D eigenvalue weighted by molar-refractivity contribution is 5.71. The first kappa shape index (κ1) is 11.7. The Bertz CT molecular complexity index is 299. The monoisotopic (exact) mass is 208 g/mol. The van der Waals surface area contributed by atoms with Gasteiger partial charge in [0.1, 0.15) is 6.61 Å². The Morgan fingerprint density at radius 2 is 2.13 bits per heavy atom. The van der Waals surface area contributed by atoms with Gasteiger partial charge in [-0.05, 0) is 17.7 Å². The van der Waals surface area contributed by atoms with Gasteiger partial charge in [0.2, 0.25) is 0 Å². The predicted octanol–water partition coefficient (Wildman–Crippen LogP) is 1.12. The molecule has 0 aromatic carbocycles. The Hall–Kier alpha value is -1.42. The minimum atomic E-state index is -0.236. The van der Waals surface area contributed by atoms with Gasteiger partial charge in [-0.2, -0.15) is 0 Å².